The number of benzene rings is 1. The Bertz CT molecular complexity index is 766. The van der Waals surface area contributed by atoms with Gasteiger partial charge in [-0.2, -0.15) is 0 Å². The molecule has 3 nitrogen and oxygen atoms in total. The maximum Gasteiger partial charge on any atom is 0.264 e. The minimum absolute atomic E-state index is 0.133. The molecule has 88 valence electrons. The van der Waals surface area contributed by atoms with Crippen molar-refractivity contribution in [1.29, 1.82) is 0 Å². The van der Waals surface area contributed by atoms with Crippen molar-refractivity contribution >= 4 is 22.4 Å². The van der Waals surface area contributed by atoms with Crippen molar-refractivity contribution in [2.45, 2.75) is 0 Å². The van der Waals surface area contributed by atoms with Gasteiger partial charge in [0.25, 0.3) is 5.56 Å². The minimum Gasteiger partial charge on any atom is -0.282 e. The predicted octanol–water partition coefficient (Wildman–Crippen LogP) is 3.04. The molecule has 4 heteroatoms. The van der Waals surface area contributed by atoms with Crippen LogP contribution in [0, 0.1) is 0 Å². The first-order valence-electron chi connectivity index (χ1n) is 5.47. The molecule has 1 aromatic carbocycles. The van der Waals surface area contributed by atoms with Gasteiger partial charge in [-0.1, -0.05) is 23.7 Å². The molecule has 0 saturated carbocycles. The SMILES string of the molecule is O=c1c2c(Cl)cccc2ccn1-c1cccnc1. The third-order valence-electron chi connectivity index (χ3n) is 2.81. The normalized spacial score (nSPS) is 10.7. The number of nitrogens with zero attached hydrogens (tertiary/aromatic N) is 2. The Hall–Kier alpha value is -2.13. The van der Waals surface area contributed by atoms with Gasteiger partial charge in [0.1, 0.15) is 0 Å². The first-order chi connectivity index (χ1) is 8.77. The molecule has 0 unspecified atom stereocenters. The van der Waals surface area contributed by atoms with Crippen molar-refractivity contribution in [2.75, 3.05) is 0 Å². The lowest BCUT2D eigenvalue weighted by Gasteiger charge is -2.07. The van der Waals surface area contributed by atoms with Gasteiger partial charge < -0.3 is 0 Å². The Kier molecular flexibility index (Phi) is 2.61. The summed E-state index contributed by atoms with van der Waals surface area (Å²) in [6.07, 6.45) is 5.05. The van der Waals surface area contributed by atoms with Crippen molar-refractivity contribution in [2.24, 2.45) is 0 Å². The fourth-order valence-electron chi connectivity index (χ4n) is 1.95. The zero-order valence-electron chi connectivity index (χ0n) is 9.38. The Morgan fingerprint density at radius 2 is 2.00 bits per heavy atom. The molecule has 3 rings (SSSR count). The topological polar surface area (TPSA) is 34.9 Å². The van der Waals surface area contributed by atoms with E-state index in [9.17, 15) is 4.79 Å². The van der Waals surface area contributed by atoms with Gasteiger partial charge in [-0.3, -0.25) is 14.3 Å². The van der Waals surface area contributed by atoms with E-state index in [2.05, 4.69) is 4.98 Å². The van der Waals surface area contributed by atoms with Crippen LogP contribution in [0.5, 0.6) is 0 Å². The van der Waals surface area contributed by atoms with Crippen LogP contribution in [-0.4, -0.2) is 9.55 Å². The summed E-state index contributed by atoms with van der Waals surface area (Å²) >= 11 is 6.09. The van der Waals surface area contributed by atoms with E-state index in [1.807, 2.05) is 24.3 Å². The minimum atomic E-state index is -0.133. The number of hydrogen-bond acceptors (Lipinski definition) is 2. The van der Waals surface area contributed by atoms with Crippen LogP contribution in [0.3, 0.4) is 0 Å². The molecule has 0 spiro atoms. The molecule has 0 aliphatic rings. The van der Waals surface area contributed by atoms with E-state index in [4.69, 9.17) is 11.6 Å². The summed E-state index contributed by atoms with van der Waals surface area (Å²) in [5.74, 6) is 0. The average molecular weight is 257 g/mol. The zero-order valence-corrected chi connectivity index (χ0v) is 10.1. The Balaban J connectivity index is 2.37. The lowest BCUT2D eigenvalue weighted by atomic mass is 10.2. The molecule has 18 heavy (non-hydrogen) atoms. The molecule has 0 saturated heterocycles. The maximum atomic E-state index is 12.4. The molecule has 0 amide bonds. The second kappa shape index (κ2) is 4.27. The highest BCUT2D eigenvalue weighted by molar-refractivity contribution is 6.35. The lowest BCUT2D eigenvalue weighted by Crippen LogP contribution is -2.17. The number of pyridine rings is 2. The molecule has 0 N–H and O–H groups in total. The molecular formula is C14H9ClN2O. The van der Waals surface area contributed by atoms with Crippen LogP contribution >= 0.6 is 11.6 Å². The lowest BCUT2D eigenvalue weighted by molar-refractivity contribution is 0.995. The highest BCUT2D eigenvalue weighted by atomic mass is 35.5. The monoisotopic (exact) mass is 256 g/mol. The molecule has 0 aliphatic heterocycles. The molecule has 2 heterocycles. The molecule has 0 radical (unpaired) electrons. The maximum absolute atomic E-state index is 12.4. The summed E-state index contributed by atoms with van der Waals surface area (Å²) in [5, 5.41) is 1.84. The van der Waals surface area contributed by atoms with Gasteiger partial charge in [0.2, 0.25) is 0 Å². The smallest absolute Gasteiger partial charge is 0.264 e. The molecule has 0 fully saturated rings. The number of halogens is 1. The number of fused-ring (bicyclic) bond motifs is 1. The van der Waals surface area contributed by atoms with Crippen molar-refractivity contribution in [3.05, 3.63) is 70.4 Å². The Morgan fingerprint density at radius 3 is 2.78 bits per heavy atom. The summed E-state index contributed by atoms with van der Waals surface area (Å²) < 4.78 is 1.54. The van der Waals surface area contributed by atoms with Gasteiger partial charge in [-0.25, -0.2) is 0 Å². The van der Waals surface area contributed by atoms with Gasteiger partial charge in [-0.05, 0) is 29.7 Å². The van der Waals surface area contributed by atoms with E-state index in [0.29, 0.717) is 10.4 Å². The van der Waals surface area contributed by atoms with Crippen LogP contribution in [0.2, 0.25) is 5.02 Å². The van der Waals surface area contributed by atoms with E-state index in [1.165, 1.54) is 0 Å². The molecule has 0 aliphatic carbocycles. The van der Waals surface area contributed by atoms with Gasteiger partial charge >= 0.3 is 0 Å². The van der Waals surface area contributed by atoms with E-state index in [1.54, 1.807) is 35.3 Å². The van der Waals surface area contributed by atoms with Crippen molar-refractivity contribution in [3.63, 3.8) is 0 Å². The molecule has 2 aromatic heterocycles. The molecular weight excluding hydrogens is 248 g/mol. The van der Waals surface area contributed by atoms with Crippen molar-refractivity contribution < 1.29 is 0 Å². The second-order valence-electron chi connectivity index (χ2n) is 3.91. The largest absolute Gasteiger partial charge is 0.282 e. The third kappa shape index (κ3) is 1.69. The van der Waals surface area contributed by atoms with E-state index < -0.39 is 0 Å². The average Bonchev–Trinajstić information content (AvgIpc) is 2.40. The Morgan fingerprint density at radius 1 is 1.11 bits per heavy atom. The molecule has 0 atom stereocenters. The Labute approximate surface area is 108 Å². The fraction of sp³-hybridized carbons (Fsp3) is 0. The van der Waals surface area contributed by atoms with Crippen LogP contribution in [-0.2, 0) is 0 Å². The fourth-order valence-corrected chi connectivity index (χ4v) is 2.21. The third-order valence-corrected chi connectivity index (χ3v) is 3.12. The zero-order chi connectivity index (χ0) is 12.5. The van der Waals surface area contributed by atoms with Crippen LogP contribution in [0.1, 0.15) is 0 Å². The summed E-state index contributed by atoms with van der Waals surface area (Å²) in [6.45, 7) is 0. The second-order valence-corrected chi connectivity index (χ2v) is 4.31. The molecule has 3 aromatic rings. The van der Waals surface area contributed by atoms with Gasteiger partial charge in [0.15, 0.2) is 0 Å². The van der Waals surface area contributed by atoms with E-state index in [-0.39, 0.29) is 5.56 Å². The van der Waals surface area contributed by atoms with Crippen LogP contribution in [0.15, 0.2) is 59.8 Å². The summed E-state index contributed by atoms with van der Waals surface area (Å²) in [7, 11) is 0. The van der Waals surface area contributed by atoms with Crippen LogP contribution in [0.25, 0.3) is 16.5 Å². The standard InChI is InChI=1S/C14H9ClN2O/c15-12-5-1-3-10-6-8-17(14(18)13(10)12)11-4-2-7-16-9-11/h1-9H. The molecule has 0 bridgehead atoms. The van der Waals surface area contributed by atoms with E-state index in [0.717, 1.165) is 11.1 Å². The summed E-state index contributed by atoms with van der Waals surface area (Å²) in [4.78, 5) is 16.4. The van der Waals surface area contributed by atoms with Gasteiger partial charge in [0.05, 0.1) is 22.3 Å². The first kappa shape index (κ1) is 11.0. The predicted molar refractivity (Wildman–Crippen MR) is 72.4 cm³/mol. The van der Waals surface area contributed by atoms with Gasteiger partial charge in [-0.15, -0.1) is 0 Å². The summed E-state index contributed by atoms with van der Waals surface area (Å²) in [6, 6.07) is 10.9. The highest BCUT2D eigenvalue weighted by Crippen LogP contribution is 2.20. The van der Waals surface area contributed by atoms with E-state index >= 15 is 0 Å². The van der Waals surface area contributed by atoms with Crippen molar-refractivity contribution in [3.8, 4) is 5.69 Å². The quantitative estimate of drug-likeness (QED) is 0.671. The van der Waals surface area contributed by atoms with Crippen LogP contribution in [0.4, 0.5) is 0 Å². The first-order valence-corrected chi connectivity index (χ1v) is 5.85. The number of hydrogen-bond donors (Lipinski definition) is 0. The summed E-state index contributed by atoms with van der Waals surface area (Å²) in [5.41, 5.74) is 0.593. The van der Waals surface area contributed by atoms with Crippen LogP contribution < -0.4 is 5.56 Å². The highest BCUT2D eigenvalue weighted by Gasteiger charge is 2.07. The number of aromatic nitrogens is 2. The van der Waals surface area contributed by atoms with Crippen molar-refractivity contribution in [1.82, 2.24) is 9.55 Å². The number of rotatable bonds is 1. The van der Waals surface area contributed by atoms with Gasteiger partial charge in [0, 0.05) is 12.4 Å².